The largest absolute Gasteiger partial charge is 0.472 e. The maximum Gasteiger partial charge on any atom is 0.341 e. The molecule has 1 saturated heterocycles. The van der Waals surface area contributed by atoms with Crippen LogP contribution in [-0.4, -0.2) is 124 Å². The lowest BCUT2D eigenvalue weighted by Gasteiger charge is -2.67. The fourth-order valence-electron chi connectivity index (χ4n) is 9.56. The number of carbonyl (C=O) groups excluding carboxylic acids is 8. The number of fused-ring (bicyclic) bond motifs is 5. The second-order valence-electron chi connectivity index (χ2n) is 16.1. The number of cyclic esters (lactones) is 1. The van der Waals surface area contributed by atoms with Crippen LogP contribution in [0.2, 0.25) is 0 Å². The minimum Gasteiger partial charge on any atom is -0.472 e. The lowest BCUT2D eigenvalue weighted by atomic mass is 9.45. The average Bonchev–Trinajstić information content (AvgIpc) is 3.79. The molecule has 2 aromatic rings. The van der Waals surface area contributed by atoms with E-state index in [9.17, 15) is 43.5 Å². The molecule has 2 aliphatic heterocycles. The molecule has 0 radical (unpaired) electrons. The molecule has 61 heavy (non-hydrogen) atoms. The summed E-state index contributed by atoms with van der Waals surface area (Å²) in [5.74, 6) is -10.8. The van der Waals surface area contributed by atoms with Crippen molar-refractivity contribution < 1.29 is 90.5 Å². The Morgan fingerprint density at radius 1 is 0.836 bits per heavy atom. The first kappa shape index (κ1) is 44.7. The van der Waals surface area contributed by atoms with E-state index in [0.717, 1.165) is 54.1 Å². The van der Waals surface area contributed by atoms with E-state index in [2.05, 4.69) is 4.98 Å². The van der Waals surface area contributed by atoms with Gasteiger partial charge in [-0.2, -0.15) is 0 Å². The van der Waals surface area contributed by atoms with Gasteiger partial charge in [0.15, 0.2) is 30.0 Å². The van der Waals surface area contributed by atoms with Crippen LogP contribution in [0.3, 0.4) is 0 Å². The lowest BCUT2D eigenvalue weighted by molar-refractivity contribution is -0.386. The van der Waals surface area contributed by atoms with Crippen molar-refractivity contribution in [2.75, 3.05) is 13.2 Å². The Labute approximate surface area is 348 Å². The molecule has 2 aromatic heterocycles. The summed E-state index contributed by atoms with van der Waals surface area (Å²) in [4.78, 5) is 113. The molecule has 0 unspecified atom stereocenters. The number of aromatic nitrogens is 1. The van der Waals surface area contributed by atoms with Crippen LogP contribution in [0.5, 0.6) is 0 Å². The molecule has 6 rings (SSSR count). The SMILES string of the molecule is CC(=O)OC[C@]12[C@H](OC(C)=O)[C@@H](OC(C)=O)[C@@H]3[C@@H](OC(C)=O)[C@@]14O[C@@]3(C)COC(=O)c1cnccc1CC[C@@H](C)C(=O)O[C@@H]([C@H](OC(=O)c1ccoc1)[C@@H]2OC(C)=O)[C@]4(C)O. The molecule has 330 valence electrons. The normalized spacial score (nSPS) is 35.4. The molecular weight excluding hydrogens is 810 g/mol. The fourth-order valence-corrected chi connectivity index (χ4v) is 9.56. The number of hydrogen-bond donors (Lipinski definition) is 1. The summed E-state index contributed by atoms with van der Waals surface area (Å²) in [5.41, 5.74) is -10.1. The van der Waals surface area contributed by atoms with E-state index in [0.29, 0.717) is 5.56 Å². The van der Waals surface area contributed by atoms with Gasteiger partial charge in [-0.15, -0.1) is 0 Å². The van der Waals surface area contributed by atoms with Crippen LogP contribution in [-0.2, 0) is 77.8 Å². The maximum atomic E-state index is 14.3. The zero-order valence-corrected chi connectivity index (χ0v) is 34.7. The highest BCUT2D eigenvalue weighted by Crippen LogP contribution is 2.70. The molecule has 0 aromatic carbocycles. The van der Waals surface area contributed by atoms with E-state index in [1.165, 1.54) is 32.3 Å². The van der Waals surface area contributed by atoms with Crippen molar-refractivity contribution in [3.63, 3.8) is 0 Å². The van der Waals surface area contributed by atoms with Crippen LogP contribution < -0.4 is 0 Å². The quantitative estimate of drug-likeness (QED) is 0.293. The first-order valence-corrected chi connectivity index (χ1v) is 19.4. The number of aliphatic hydroxyl groups is 1. The molecule has 2 aliphatic carbocycles. The fraction of sp³-hybridized carbons (Fsp3) is 0.585. The van der Waals surface area contributed by atoms with Crippen molar-refractivity contribution in [2.45, 2.75) is 122 Å². The highest BCUT2D eigenvalue weighted by molar-refractivity contribution is 5.91. The molecule has 12 atom stereocenters. The van der Waals surface area contributed by atoms with Crippen LogP contribution in [0.15, 0.2) is 41.5 Å². The number of nitrogens with zero attached hydrogens (tertiary/aromatic N) is 1. The van der Waals surface area contributed by atoms with Crippen molar-refractivity contribution in [3.05, 3.63) is 53.7 Å². The van der Waals surface area contributed by atoms with Gasteiger partial charge in [0, 0.05) is 47.0 Å². The zero-order valence-electron chi connectivity index (χ0n) is 34.7. The third kappa shape index (κ3) is 7.59. The smallest absolute Gasteiger partial charge is 0.341 e. The first-order valence-electron chi connectivity index (χ1n) is 19.4. The Balaban J connectivity index is 1.77. The predicted molar refractivity (Wildman–Crippen MR) is 197 cm³/mol. The van der Waals surface area contributed by atoms with E-state index < -0.39 is 132 Å². The number of aryl methyl sites for hydroxylation is 1. The molecule has 0 amide bonds. The van der Waals surface area contributed by atoms with Gasteiger partial charge >= 0.3 is 47.8 Å². The molecule has 3 fully saturated rings. The van der Waals surface area contributed by atoms with Crippen LogP contribution in [0.1, 0.15) is 88.1 Å². The minimum atomic E-state index is -2.87. The van der Waals surface area contributed by atoms with Crippen molar-refractivity contribution in [1.29, 1.82) is 0 Å². The van der Waals surface area contributed by atoms with Crippen molar-refractivity contribution in [3.8, 4) is 0 Å². The molecule has 4 heterocycles. The van der Waals surface area contributed by atoms with E-state index in [1.54, 1.807) is 6.07 Å². The molecule has 2 saturated carbocycles. The highest BCUT2D eigenvalue weighted by atomic mass is 16.7. The van der Waals surface area contributed by atoms with Gasteiger partial charge in [0.1, 0.15) is 48.3 Å². The van der Waals surface area contributed by atoms with Gasteiger partial charge in [-0.25, -0.2) is 9.59 Å². The average molecular weight is 858 g/mol. The predicted octanol–water partition coefficient (Wildman–Crippen LogP) is 1.75. The lowest BCUT2D eigenvalue weighted by Crippen LogP contribution is -2.89. The number of esters is 8. The number of pyridine rings is 1. The Hall–Kier alpha value is -5.89. The van der Waals surface area contributed by atoms with Crippen LogP contribution in [0.4, 0.5) is 0 Å². The Bertz CT molecular complexity index is 2100. The van der Waals surface area contributed by atoms with Crippen molar-refractivity contribution in [2.24, 2.45) is 17.3 Å². The van der Waals surface area contributed by atoms with Crippen LogP contribution >= 0.6 is 0 Å². The first-order chi connectivity index (χ1) is 28.6. The van der Waals surface area contributed by atoms with Gasteiger partial charge in [-0.1, -0.05) is 6.92 Å². The maximum absolute atomic E-state index is 14.3. The van der Waals surface area contributed by atoms with Crippen molar-refractivity contribution >= 4 is 47.8 Å². The van der Waals surface area contributed by atoms with Crippen LogP contribution in [0, 0.1) is 17.3 Å². The zero-order chi connectivity index (χ0) is 44.8. The third-order valence-electron chi connectivity index (χ3n) is 11.9. The third-order valence-corrected chi connectivity index (χ3v) is 11.9. The van der Waals surface area contributed by atoms with E-state index in [1.807, 2.05) is 0 Å². The molecule has 4 aliphatic rings. The summed E-state index contributed by atoms with van der Waals surface area (Å²) >= 11 is 0. The molecule has 4 bridgehead atoms. The van der Waals surface area contributed by atoms with Gasteiger partial charge in [0.2, 0.25) is 0 Å². The van der Waals surface area contributed by atoms with Gasteiger partial charge < -0.3 is 52.2 Å². The summed E-state index contributed by atoms with van der Waals surface area (Å²) in [7, 11) is 0. The number of hydrogen-bond acceptors (Lipinski definition) is 20. The van der Waals surface area contributed by atoms with E-state index in [-0.39, 0.29) is 24.0 Å². The second-order valence-corrected chi connectivity index (χ2v) is 16.1. The molecular formula is C41H47NO19. The van der Waals surface area contributed by atoms with Gasteiger partial charge in [0.05, 0.1) is 29.2 Å². The number of ether oxygens (including phenoxy) is 9. The summed E-state index contributed by atoms with van der Waals surface area (Å²) in [6.45, 7) is 7.06. The molecule has 20 heteroatoms. The molecule has 1 spiro atoms. The van der Waals surface area contributed by atoms with E-state index >= 15 is 0 Å². The summed E-state index contributed by atoms with van der Waals surface area (Å²) < 4.78 is 60.1. The minimum absolute atomic E-state index is 0.0163. The summed E-state index contributed by atoms with van der Waals surface area (Å²) in [6, 6.07) is 2.78. The monoisotopic (exact) mass is 857 g/mol. The Morgan fingerprint density at radius 3 is 2.05 bits per heavy atom. The number of rotatable bonds is 8. The Kier molecular flexibility index (Phi) is 12.1. The summed E-state index contributed by atoms with van der Waals surface area (Å²) in [6.07, 6.45) is -7.21. The number of carbonyl (C=O) groups is 8. The highest BCUT2D eigenvalue weighted by Gasteiger charge is 2.92. The topological polar surface area (TPSA) is 266 Å². The standard InChI is InChI=1S/C41H47NO19/c1-19-9-10-25-11-13-42-15-27(25)37(50)54-17-38(7)28-29(55-21(3)44)33(57-23(5)46)40(18-53-20(2)43)34(58-24(6)47)30(59-36(49)26-12-14-52-16-26)32(60-35(19)48)39(8,51)41(40,61-38)31(28)56-22(4)45/h11-16,19,28-34,51H,9-10,17-18H2,1-8H3/t19-,28-,29+,30+,31-,32+,33-,34+,38+,39+,40-,41+/m1/s1. The molecule has 1 N–H and O–H groups in total. The molecule has 20 nitrogen and oxygen atoms in total. The Morgan fingerprint density at radius 2 is 1.46 bits per heavy atom. The van der Waals surface area contributed by atoms with Crippen LogP contribution in [0.25, 0.3) is 0 Å². The van der Waals surface area contributed by atoms with Gasteiger partial charge in [0.25, 0.3) is 0 Å². The van der Waals surface area contributed by atoms with Crippen molar-refractivity contribution in [1.82, 2.24) is 4.98 Å². The number of furan rings is 1. The van der Waals surface area contributed by atoms with E-state index in [4.69, 9.17) is 47.0 Å². The van der Waals surface area contributed by atoms with Gasteiger partial charge in [-0.3, -0.25) is 33.8 Å². The second kappa shape index (κ2) is 16.5. The summed E-state index contributed by atoms with van der Waals surface area (Å²) in [5, 5.41) is 13.6. The van der Waals surface area contributed by atoms with Gasteiger partial charge in [-0.05, 0) is 44.4 Å².